The van der Waals surface area contributed by atoms with Crippen LogP contribution in [0.25, 0.3) is 0 Å². The summed E-state index contributed by atoms with van der Waals surface area (Å²) < 4.78 is 26.4. The summed E-state index contributed by atoms with van der Waals surface area (Å²) in [6, 6.07) is 5.26. The summed E-state index contributed by atoms with van der Waals surface area (Å²) in [7, 11) is -3.80. The first-order valence-electron chi connectivity index (χ1n) is 5.67. The van der Waals surface area contributed by atoms with E-state index in [2.05, 4.69) is 4.72 Å². The third-order valence-electron chi connectivity index (χ3n) is 2.51. The van der Waals surface area contributed by atoms with Crippen LogP contribution in [0, 0.1) is 6.92 Å². The molecule has 1 rings (SSSR count). The second-order valence-electron chi connectivity index (χ2n) is 4.11. The Bertz CT molecular complexity index is 542. The van der Waals surface area contributed by atoms with Crippen molar-refractivity contribution in [3.05, 3.63) is 29.8 Å². The molecule has 5 nitrogen and oxygen atoms in total. The van der Waals surface area contributed by atoms with E-state index < -0.39 is 22.0 Å². The van der Waals surface area contributed by atoms with Gasteiger partial charge in [0, 0.05) is 0 Å². The summed E-state index contributed by atoms with van der Waals surface area (Å²) in [5.74, 6) is -0.585. The fourth-order valence-electron chi connectivity index (χ4n) is 1.51. The lowest BCUT2D eigenvalue weighted by molar-refractivity contribution is -0.139. The van der Waals surface area contributed by atoms with Gasteiger partial charge in [-0.2, -0.15) is 16.5 Å². The minimum absolute atomic E-state index is 0.0860. The van der Waals surface area contributed by atoms with Gasteiger partial charge < -0.3 is 5.11 Å². The molecule has 1 aromatic rings. The predicted molar refractivity (Wildman–Crippen MR) is 75.9 cm³/mol. The van der Waals surface area contributed by atoms with Gasteiger partial charge in [0.25, 0.3) is 0 Å². The van der Waals surface area contributed by atoms with Gasteiger partial charge in [0.15, 0.2) is 0 Å². The number of nitrogens with one attached hydrogen (secondary N) is 1. The van der Waals surface area contributed by atoms with Crippen LogP contribution in [0.15, 0.2) is 29.2 Å². The summed E-state index contributed by atoms with van der Waals surface area (Å²) in [5.41, 5.74) is 0.805. The number of aryl methyl sites for hydroxylation is 1. The van der Waals surface area contributed by atoms with Gasteiger partial charge in [0.1, 0.15) is 6.04 Å². The summed E-state index contributed by atoms with van der Waals surface area (Å²) in [5, 5.41) is 9.03. The molecule has 7 heteroatoms. The van der Waals surface area contributed by atoms with Crippen molar-refractivity contribution in [2.75, 3.05) is 12.0 Å². The molecule has 0 saturated carbocycles. The highest BCUT2D eigenvalue weighted by molar-refractivity contribution is 7.98. The van der Waals surface area contributed by atoms with E-state index in [-0.39, 0.29) is 11.3 Å². The third kappa shape index (κ3) is 4.85. The molecule has 0 radical (unpaired) electrons. The van der Waals surface area contributed by atoms with Gasteiger partial charge in [0.2, 0.25) is 10.0 Å². The number of carboxylic acid groups (broad SMARTS) is 1. The lowest BCUT2D eigenvalue weighted by atomic mass is 10.2. The van der Waals surface area contributed by atoms with Crippen LogP contribution < -0.4 is 4.72 Å². The van der Waals surface area contributed by atoms with Crippen molar-refractivity contribution in [3.8, 4) is 0 Å². The first-order valence-corrected chi connectivity index (χ1v) is 8.55. The van der Waals surface area contributed by atoms with Crippen LogP contribution in [0.5, 0.6) is 0 Å². The van der Waals surface area contributed by atoms with E-state index in [1.165, 1.54) is 23.9 Å². The summed E-state index contributed by atoms with van der Waals surface area (Å²) in [6.45, 7) is 1.78. The molecule has 0 spiro atoms. The monoisotopic (exact) mass is 303 g/mol. The molecule has 106 valence electrons. The molecule has 0 bridgehead atoms. The van der Waals surface area contributed by atoms with Gasteiger partial charge in [-0.15, -0.1) is 0 Å². The number of hydrogen-bond acceptors (Lipinski definition) is 4. The lowest BCUT2D eigenvalue weighted by Crippen LogP contribution is -2.41. The minimum Gasteiger partial charge on any atom is -0.480 e. The van der Waals surface area contributed by atoms with E-state index in [9.17, 15) is 13.2 Å². The molecule has 1 aromatic carbocycles. The third-order valence-corrected chi connectivity index (χ3v) is 4.62. The molecule has 0 aliphatic carbocycles. The van der Waals surface area contributed by atoms with Crippen LogP contribution in [0.1, 0.15) is 12.0 Å². The molecule has 0 aliphatic rings. The second-order valence-corrected chi connectivity index (χ2v) is 6.81. The molecule has 0 fully saturated rings. The Morgan fingerprint density at radius 1 is 1.47 bits per heavy atom. The summed E-state index contributed by atoms with van der Waals surface area (Å²) in [6.07, 6.45) is 2.09. The van der Waals surface area contributed by atoms with Crippen molar-refractivity contribution >= 4 is 27.8 Å². The maximum Gasteiger partial charge on any atom is 0.321 e. The first-order chi connectivity index (χ1) is 8.86. The first kappa shape index (κ1) is 16.0. The topological polar surface area (TPSA) is 83.5 Å². The highest BCUT2D eigenvalue weighted by atomic mass is 32.2. The maximum atomic E-state index is 12.1. The largest absolute Gasteiger partial charge is 0.480 e. The molecule has 1 atom stereocenters. The smallest absolute Gasteiger partial charge is 0.321 e. The Labute approximate surface area is 117 Å². The van der Waals surface area contributed by atoms with E-state index in [0.29, 0.717) is 5.75 Å². The number of hydrogen-bond donors (Lipinski definition) is 2. The normalized spacial score (nSPS) is 13.2. The van der Waals surface area contributed by atoms with Gasteiger partial charge >= 0.3 is 5.97 Å². The number of aliphatic carboxylic acids is 1. The Morgan fingerprint density at radius 2 is 2.16 bits per heavy atom. The molecule has 0 aromatic heterocycles. The molecular weight excluding hydrogens is 286 g/mol. The standard InChI is InChI=1S/C12H17NO4S2/c1-9-4-3-5-10(8-9)19(16,17)13-11(12(14)15)6-7-18-2/h3-5,8,11,13H,6-7H2,1-2H3,(H,14,15)/t11-/m0/s1. The molecule has 0 saturated heterocycles. The van der Waals surface area contributed by atoms with Crippen LogP contribution >= 0.6 is 11.8 Å². The minimum atomic E-state index is -3.80. The van der Waals surface area contributed by atoms with Crippen LogP contribution in [0.3, 0.4) is 0 Å². The van der Waals surface area contributed by atoms with Crippen LogP contribution in [-0.2, 0) is 14.8 Å². The summed E-state index contributed by atoms with van der Waals surface area (Å²) >= 11 is 1.47. The zero-order valence-corrected chi connectivity index (χ0v) is 12.4. The van der Waals surface area contributed by atoms with E-state index in [1.807, 2.05) is 6.26 Å². The van der Waals surface area contributed by atoms with Crippen LogP contribution in [0.4, 0.5) is 0 Å². The zero-order valence-electron chi connectivity index (χ0n) is 10.8. The quantitative estimate of drug-likeness (QED) is 0.797. The number of thioether (sulfide) groups is 1. The average molecular weight is 303 g/mol. The Balaban J connectivity index is 2.91. The molecule has 0 heterocycles. The molecule has 19 heavy (non-hydrogen) atoms. The van der Waals surface area contributed by atoms with E-state index in [4.69, 9.17) is 5.11 Å². The van der Waals surface area contributed by atoms with Crippen molar-refractivity contribution in [1.29, 1.82) is 0 Å². The highest BCUT2D eigenvalue weighted by Gasteiger charge is 2.24. The van der Waals surface area contributed by atoms with Crippen molar-refractivity contribution in [3.63, 3.8) is 0 Å². The lowest BCUT2D eigenvalue weighted by Gasteiger charge is -2.14. The van der Waals surface area contributed by atoms with E-state index >= 15 is 0 Å². The maximum absolute atomic E-state index is 12.1. The van der Waals surface area contributed by atoms with Crippen molar-refractivity contribution < 1.29 is 18.3 Å². The molecule has 0 unspecified atom stereocenters. The number of carboxylic acids is 1. The van der Waals surface area contributed by atoms with Crippen LogP contribution in [0.2, 0.25) is 0 Å². The number of benzene rings is 1. The van der Waals surface area contributed by atoms with Crippen molar-refractivity contribution in [1.82, 2.24) is 4.72 Å². The zero-order chi connectivity index (χ0) is 14.5. The highest BCUT2D eigenvalue weighted by Crippen LogP contribution is 2.12. The van der Waals surface area contributed by atoms with Gasteiger partial charge in [-0.3, -0.25) is 4.79 Å². The Kier molecular flexibility index (Phi) is 5.84. The van der Waals surface area contributed by atoms with Gasteiger partial charge in [0.05, 0.1) is 4.90 Å². The fourth-order valence-corrected chi connectivity index (χ4v) is 3.31. The number of carbonyl (C=O) groups is 1. The van der Waals surface area contributed by atoms with Crippen LogP contribution in [-0.4, -0.2) is 37.5 Å². The van der Waals surface area contributed by atoms with Gasteiger partial charge in [-0.1, -0.05) is 12.1 Å². The number of rotatable bonds is 7. The SMILES string of the molecule is CSCC[C@H](NS(=O)(=O)c1cccc(C)c1)C(=O)O. The Morgan fingerprint density at radius 3 is 2.68 bits per heavy atom. The molecule has 0 amide bonds. The van der Waals surface area contributed by atoms with Crippen molar-refractivity contribution in [2.24, 2.45) is 0 Å². The average Bonchev–Trinajstić information content (AvgIpc) is 2.34. The van der Waals surface area contributed by atoms with Gasteiger partial charge in [-0.05, 0) is 43.0 Å². The fraction of sp³-hybridized carbons (Fsp3) is 0.417. The molecule has 2 N–H and O–H groups in total. The van der Waals surface area contributed by atoms with Gasteiger partial charge in [-0.25, -0.2) is 8.42 Å². The van der Waals surface area contributed by atoms with E-state index in [0.717, 1.165) is 5.56 Å². The Hall–Kier alpha value is -1.05. The second kappa shape index (κ2) is 6.93. The molecular formula is C12H17NO4S2. The predicted octanol–water partition coefficient (Wildman–Crippen LogP) is 1.48. The summed E-state index contributed by atoms with van der Waals surface area (Å²) in [4.78, 5) is 11.1. The number of sulfonamides is 1. The molecule has 0 aliphatic heterocycles. The van der Waals surface area contributed by atoms with Crippen molar-refractivity contribution in [2.45, 2.75) is 24.3 Å². The van der Waals surface area contributed by atoms with E-state index in [1.54, 1.807) is 19.1 Å².